The first-order valence-corrected chi connectivity index (χ1v) is 7.87. The van der Waals surface area contributed by atoms with Crippen molar-refractivity contribution in [3.63, 3.8) is 0 Å². The van der Waals surface area contributed by atoms with E-state index < -0.39 is 0 Å². The van der Waals surface area contributed by atoms with Gasteiger partial charge < -0.3 is 10.4 Å². The van der Waals surface area contributed by atoms with Crippen molar-refractivity contribution in [3.8, 4) is 5.75 Å². The molecule has 0 spiro atoms. The number of phenols is 1. The standard InChI is InChI=1S/C19H25NO/c21-19-13-11-18(12-14-19)10-6-16-20-15-5-4-9-17-7-2-1-3-8-17/h1-3,7-8,11-14,20-21H,4-6,9-10,15-16H2. The lowest BCUT2D eigenvalue weighted by atomic mass is 10.1. The van der Waals surface area contributed by atoms with Crippen molar-refractivity contribution in [1.29, 1.82) is 0 Å². The van der Waals surface area contributed by atoms with Gasteiger partial charge in [-0.15, -0.1) is 0 Å². The molecule has 0 radical (unpaired) electrons. The topological polar surface area (TPSA) is 32.3 Å². The van der Waals surface area contributed by atoms with Gasteiger partial charge in [-0.2, -0.15) is 0 Å². The third-order valence-corrected chi connectivity index (χ3v) is 3.67. The quantitative estimate of drug-likeness (QED) is 0.683. The average molecular weight is 283 g/mol. The highest BCUT2D eigenvalue weighted by Crippen LogP contribution is 2.10. The van der Waals surface area contributed by atoms with Gasteiger partial charge in [0.15, 0.2) is 0 Å². The van der Waals surface area contributed by atoms with Crippen molar-refractivity contribution in [2.24, 2.45) is 0 Å². The van der Waals surface area contributed by atoms with E-state index >= 15 is 0 Å². The van der Waals surface area contributed by atoms with E-state index in [1.807, 2.05) is 12.1 Å². The number of phenolic OH excluding ortho intramolecular Hbond substituents is 1. The number of unbranched alkanes of at least 4 members (excludes halogenated alkanes) is 1. The van der Waals surface area contributed by atoms with Gasteiger partial charge in [-0.3, -0.25) is 0 Å². The number of aryl methyl sites for hydroxylation is 2. The Morgan fingerprint density at radius 3 is 2.05 bits per heavy atom. The smallest absolute Gasteiger partial charge is 0.115 e. The SMILES string of the molecule is Oc1ccc(CCCNCCCCc2ccccc2)cc1. The molecule has 0 heterocycles. The maximum absolute atomic E-state index is 9.22. The molecule has 0 bridgehead atoms. The summed E-state index contributed by atoms with van der Waals surface area (Å²) in [5.41, 5.74) is 2.73. The van der Waals surface area contributed by atoms with Crippen LogP contribution in [0.3, 0.4) is 0 Å². The predicted molar refractivity (Wildman–Crippen MR) is 88.7 cm³/mol. The van der Waals surface area contributed by atoms with Gasteiger partial charge in [0.1, 0.15) is 5.75 Å². The van der Waals surface area contributed by atoms with E-state index in [-0.39, 0.29) is 0 Å². The van der Waals surface area contributed by atoms with Gasteiger partial charge in [0.25, 0.3) is 0 Å². The summed E-state index contributed by atoms with van der Waals surface area (Å²) in [6, 6.07) is 18.2. The van der Waals surface area contributed by atoms with Gasteiger partial charge in [-0.05, 0) is 68.5 Å². The van der Waals surface area contributed by atoms with Crippen LogP contribution in [0, 0.1) is 0 Å². The Kier molecular flexibility index (Phi) is 6.82. The maximum Gasteiger partial charge on any atom is 0.115 e. The Morgan fingerprint density at radius 1 is 0.667 bits per heavy atom. The summed E-state index contributed by atoms with van der Waals surface area (Å²) >= 11 is 0. The molecule has 0 unspecified atom stereocenters. The maximum atomic E-state index is 9.22. The van der Waals surface area contributed by atoms with Crippen molar-refractivity contribution in [1.82, 2.24) is 5.32 Å². The molecule has 2 rings (SSSR count). The summed E-state index contributed by atoms with van der Waals surface area (Å²) < 4.78 is 0. The lowest BCUT2D eigenvalue weighted by Crippen LogP contribution is -2.17. The van der Waals surface area contributed by atoms with Crippen LogP contribution in [0.4, 0.5) is 0 Å². The molecule has 0 aliphatic rings. The Labute approximate surface area is 127 Å². The molecule has 0 saturated heterocycles. The largest absolute Gasteiger partial charge is 0.508 e. The Hall–Kier alpha value is -1.80. The summed E-state index contributed by atoms with van der Waals surface area (Å²) in [5.74, 6) is 0.343. The molecule has 2 nitrogen and oxygen atoms in total. The molecular weight excluding hydrogens is 258 g/mol. The molecule has 0 aromatic heterocycles. The second-order valence-corrected chi connectivity index (χ2v) is 5.46. The number of aromatic hydroxyl groups is 1. The van der Waals surface area contributed by atoms with Crippen LogP contribution in [0.2, 0.25) is 0 Å². The minimum atomic E-state index is 0.343. The Morgan fingerprint density at radius 2 is 1.29 bits per heavy atom. The van der Waals surface area contributed by atoms with E-state index in [1.165, 1.54) is 30.4 Å². The van der Waals surface area contributed by atoms with Crippen LogP contribution in [0.25, 0.3) is 0 Å². The molecular formula is C19H25NO. The van der Waals surface area contributed by atoms with E-state index in [1.54, 1.807) is 12.1 Å². The van der Waals surface area contributed by atoms with Crippen molar-refractivity contribution >= 4 is 0 Å². The molecule has 0 saturated carbocycles. The fourth-order valence-electron chi connectivity index (χ4n) is 2.43. The summed E-state index contributed by atoms with van der Waals surface area (Å²) in [5, 5.41) is 12.7. The van der Waals surface area contributed by atoms with Crippen LogP contribution in [0.1, 0.15) is 30.4 Å². The lowest BCUT2D eigenvalue weighted by molar-refractivity contribution is 0.475. The fraction of sp³-hybridized carbons (Fsp3) is 0.368. The Bertz CT molecular complexity index is 493. The normalized spacial score (nSPS) is 10.7. The van der Waals surface area contributed by atoms with E-state index in [0.717, 1.165) is 25.9 Å². The first-order chi connectivity index (χ1) is 10.3. The van der Waals surface area contributed by atoms with Gasteiger partial charge >= 0.3 is 0 Å². The molecule has 2 aromatic rings. The van der Waals surface area contributed by atoms with Crippen LogP contribution < -0.4 is 5.32 Å². The summed E-state index contributed by atoms with van der Waals surface area (Å²) in [6.07, 6.45) is 5.86. The predicted octanol–water partition coefficient (Wildman–Crippen LogP) is 3.94. The zero-order valence-corrected chi connectivity index (χ0v) is 12.6. The average Bonchev–Trinajstić information content (AvgIpc) is 2.53. The third kappa shape index (κ3) is 6.46. The summed E-state index contributed by atoms with van der Waals surface area (Å²) in [4.78, 5) is 0. The molecule has 112 valence electrons. The van der Waals surface area contributed by atoms with Gasteiger partial charge in [-0.25, -0.2) is 0 Å². The van der Waals surface area contributed by atoms with Gasteiger partial charge in [-0.1, -0.05) is 42.5 Å². The molecule has 0 amide bonds. The first-order valence-electron chi connectivity index (χ1n) is 7.87. The van der Waals surface area contributed by atoms with E-state index in [0.29, 0.717) is 5.75 Å². The highest BCUT2D eigenvalue weighted by molar-refractivity contribution is 5.25. The number of nitrogens with one attached hydrogen (secondary N) is 1. The van der Waals surface area contributed by atoms with Crippen LogP contribution >= 0.6 is 0 Å². The minimum Gasteiger partial charge on any atom is -0.508 e. The number of hydrogen-bond donors (Lipinski definition) is 2. The molecule has 2 aromatic carbocycles. The van der Waals surface area contributed by atoms with Gasteiger partial charge in [0.05, 0.1) is 0 Å². The van der Waals surface area contributed by atoms with Crippen molar-refractivity contribution < 1.29 is 5.11 Å². The zero-order chi connectivity index (χ0) is 14.8. The van der Waals surface area contributed by atoms with E-state index in [4.69, 9.17) is 0 Å². The monoisotopic (exact) mass is 283 g/mol. The molecule has 0 aliphatic carbocycles. The van der Waals surface area contributed by atoms with Crippen molar-refractivity contribution in [2.45, 2.75) is 32.1 Å². The van der Waals surface area contributed by atoms with E-state index in [2.05, 4.69) is 35.6 Å². The van der Waals surface area contributed by atoms with Crippen LogP contribution in [0.5, 0.6) is 5.75 Å². The summed E-state index contributed by atoms with van der Waals surface area (Å²) in [6.45, 7) is 2.16. The molecule has 0 atom stereocenters. The number of benzene rings is 2. The van der Waals surface area contributed by atoms with Crippen LogP contribution in [-0.2, 0) is 12.8 Å². The molecule has 0 fully saturated rings. The summed E-state index contributed by atoms with van der Waals surface area (Å²) in [7, 11) is 0. The third-order valence-electron chi connectivity index (χ3n) is 3.67. The molecule has 2 heteroatoms. The second kappa shape index (κ2) is 9.19. The highest BCUT2D eigenvalue weighted by Gasteiger charge is 1.95. The number of hydrogen-bond acceptors (Lipinski definition) is 2. The van der Waals surface area contributed by atoms with Crippen LogP contribution in [0.15, 0.2) is 54.6 Å². The van der Waals surface area contributed by atoms with Crippen molar-refractivity contribution in [3.05, 3.63) is 65.7 Å². The molecule has 0 aliphatic heterocycles. The van der Waals surface area contributed by atoms with Gasteiger partial charge in [0.2, 0.25) is 0 Å². The fourth-order valence-corrected chi connectivity index (χ4v) is 2.43. The highest BCUT2D eigenvalue weighted by atomic mass is 16.3. The molecule has 21 heavy (non-hydrogen) atoms. The number of rotatable bonds is 9. The zero-order valence-electron chi connectivity index (χ0n) is 12.6. The van der Waals surface area contributed by atoms with Crippen LogP contribution in [-0.4, -0.2) is 18.2 Å². The lowest BCUT2D eigenvalue weighted by Gasteiger charge is -2.05. The minimum absolute atomic E-state index is 0.343. The van der Waals surface area contributed by atoms with Crippen molar-refractivity contribution in [2.75, 3.05) is 13.1 Å². The van der Waals surface area contributed by atoms with Gasteiger partial charge in [0, 0.05) is 0 Å². The molecule has 2 N–H and O–H groups in total. The second-order valence-electron chi connectivity index (χ2n) is 5.46. The van der Waals surface area contributed by atoms with E-state index in [9.17, 15) is 5.11 Å². The Balaban J connectivity index is 1.46. The first kappa shape index (κ1) is 15.6.